The van der Waals surface area contributed by atoms with Crippen LogP contribution in [-0.2, 0) is 56.5 Å². The Bertz CT molecular complexity index is 1380. The summed E-state index contributed by atoms with van der Waals surface area (Å²) >= 11 is 0. The first-order valence-corrected chi connectivity index (χ1v) is 16.1. The zero-order valence-electron chi connectivity index (χ0n) is 31.1. The number of nitrogens with zero attached hydrogens (tertiary/aromatic N) is 1. The van der Waals surface area contributed by atoms with Crippen LogP contribution in [0.5, 0.6) is 17.2 Å². The summed E-state index contributed by atoms with van der Waals surface area (Å²) in [6.45, 7) is 30.9. The first-order chi connectivity index (χ1) is 20.2. The molecule has 0 atom stereocenters. The van der Waals surface area contributed by atoms with E-state index in [2.05, 4.69) is 83.1 Å². The summed E-state index contributed by atoms with van der Waals surface area (Å²) in [5.41, 5.74) is 5.42. The molecule has 250 valence electrons. The Morgan fingerprint density at radius 1 is 0.587 bits per heavy atom. The van der Waals surface area contributed by atoms with Gasteiger partial charge >= 0.3 is 21.7 Å². The van der Waals surface area contributed by atoms with Gasteiger partial charge in [0, 0.05) is 18.8 Å². The van der Waals surface area contributed by atoms with E-state index in [9.17, 15) is 20.4 Å². The van der Waals surface area contributed by atoms with Gasteiger partial charge in [0.05, 0.1) is 0 Å². The summed E-state index contributed by atoms with van der Waals surface area (Å²) in [7, 11) is 0. The molecule has 0 aliphatic carbocycles. The van der Waals surface area contributed by atoms with E-state index in [0.717, 1.165) is 27.8 Å². The first-order valence-electron chi connectivity index (χ1n) is 16.1. The summed E-state index contributed by atoms with van der Waals surface area (Å²) in [5.74, 6) is -0.130. The van der Waals surface area contributed by atoms with Crippen LogP contribution in [0.15, 0.2) is 42.5 Å². The maximum atomic E-state index is 13.9. The van der Waals surface area contributed by atoms with Crippen molar-refractivity contribution < 1.29 is 42.1 Å². The van der Waals surface area contributed by atoms with Gasteiger partial charge in [0.25, 0.3) is 0 Å². The predicted molar refractivity (Wildman–Crippen MR) is 182 cm³/mol. The summed E-state index contributed by atoms with van der Waals surface area (Å²) < 4.78 is 0. The smallest absolute Gasteiger partial charge is 0.872 e. The molecule has 0 spiro atoms. The Hall–Kier alpha value is -2.47. The van der Waals surface area contributed by atoms with E-state index in [0.29, 0.717) is 16.8 Å². The van der Waals surface area contributed by atoms with Gasteiger partial charge in [0.15, 0.2) is 0 Å². The van der Waals surface area contributed by atoms with Gasteiger partial charge in [-0.05, 0) is 73.6 Å². The molecule has 0 aromatic heterocycles. The molecule has 0 aliphatic rings. The molecule has 0 unspecified atom stereocenters. The van der Waals surface area contributed by atoms with Crippen LogP contribution in [0.4, 0.5) is 5.69 Å². The van der Waals surface area contributed by atoms with Crippen LogP contribution in [0.1, 0.15) is 136 Å². The molecule has 0 bridgehead atoms. The van der Waals surface area contributed by atoms with Crippen molar-refractivity contribution in [2.75, 3.05) is 4.90 Å². The van der Waals surface area contributed by atoms with E-state index in [-0.39, 0.29) is 73.7 Å². The fraction of sp³-hybridized carbons (Fsp3) is 0.550. The van der Waals surface area contributed by atoms with Crippen molar-refractivity contribution in [1.82, 2.24) is 0 Å². The molecular weight excluding hydrogens is 606 g/mol. The fourth-order valence-corrected chi connectivity index (χ4v) is 5.11. The minimum atomic E-state index is -0.417. The summed E-state index contributed by atoms with van der Waals surface area (Å²) in [6, 6.07) is 13.3. The van der Waals surface area contributed by atoms with E-state index in [1.807, 2.05) is 42.2 Å². The van der Waals surface area contributed by atoms with Crippen LogP contribution in [0, 0.1) is 6.92 Å². The SMILES string of the molecule is CC(C)[O-].Cc1ccc([O-])c(N(Cc2cc(C(C)(C)C)cc(C(C)(C)C)c2[O-])Cc2cc(C(C)(C)C)cc(C(C)(C)C)c2[O-])c1.[Ti+4]. The van der Waals surface area contributed by atoms with E-state index in [4.69, 9.17) is 0 Å². The molecule has 0 heterocycles. The maximum absolute atomic E-state index is 13.9. The molecule has 6 heteroatoms. The average molecular weight is 664 g/mol. The van der Waals surface area contributed by atoms with E-state index in [1.165, 1.54) is 0 Å². The van der Waals surface area contributed by atoms with Gasteiger partial charge in [-0.25, -0.2) is 0 Å². The average Bonchev–Trinajstić information content (AvgIpc) is 2.84. The van der Waals surface area contributed by atoms with Gasteiger partial charge < -0.3 is 25.3 Å². The van der Waals surface area contributed by atoms with Gasteiger partial charge in [0.2, 0.25) is 0 Å². The zero-order chi connectivity index (χ0) is 34.9. The topological polar surface area (TPSA) is 95.5 Å². The minimum absolute atomic E-state index is 0. The number of anilines is 1. The third kappa shape index (κ3) is 11.1. The normalized spacial score (nSPS) is 12.4. The monoisotopic (exact) mass is 663 g/mol. The van der Waals surface area contributed by atoms with Crippen molar-refractivity contribution in [1.29, 1.82) is 0 Å². The number of hydrogen-bond donors (Lipinski definition) is 0. The molecule has 0 saturated carbocycles. The molecular formula is C40H57NO4Ti. The van der Waals surface area contributed by atoms with Crippen LogP contribution in [-0.4, -0.2) is 6.10 Å². The number of hydrogen-bond acceptors (Lipinski definition) is 5. The molecule has 3 aromatic rings. The van der Waals surface area contributed by atoms with Crippen molar-refractivity contribution in [2.24, 2.45) is 0 Å². The van der Waals surface area contributed by atoms with Crippen molar-refractivity contribution in [3.8, 4) is 17.2 Å². The van der Waals surface area contributed by atoms with Crippen molar-refractivity contribution in [3.63, 3.8) is 0 Å². The number of aryl methyl sites for hydroxylation is 1. The summed E-state index contributed by atoms with van der Waals surface area (Å²) in [6.07, 6.45) is -0.417. The Kier molecular flexibility index (Phi) is 13.7. The number of benzene rings is 3. The third-order valence-corrected chi connectivity index (χ3v) is 7.86. The van der Waals surface area contributed by atoms with Gasteiger partial charge in [-0.2, -0.15) is 0 Å². The fourth-order valence-electron chi connectivity index (χ4n) is 5.11. The standard InChI is InChI=1S/C37H53NO3.C3H7O.Ti/c1-23-14-15-31(39)30(16-23)38(21-24-17-26(34(2,3)4)19-28(32(24)40)36(8,9)10)22-25-18-27(35(5,6)7)20-29(33(25)41)37(11,12)13;1-3(2)4;/h14-20,39-41H,21-22H2,1-13H3;3H,1-2H3;/q;-1;+4/p-3. The van der Waals surface area contributed by atoms with Crippen molar-refractivity contribution >= 4 is 5.69 Å². The molecule has 0 radical (unpaired) electrons. The zero-order valence-corrected chi connectivity index (χ0v) is 32.7. The van der Waals surface area contributed by atoms with Gasteiger partial charge in [-0.3, -0.25) is 0 Å². The molecule has 0 N–H and O–H groups in total. The van der Waals surface area contributed by atoms with Crippen LogP contribution in [0.25, 0.3) is 0 Å². The Balaban J connectivity index is 0.00000199. The molecule has 46 heavy (non-hydrogen) atoms. The third-order valence-electron chi connectivity index (χ3n) is 7.86. The van der Waals surface area contributed by atoms with Crippen molar-refractivity contribution in [2.45, 2.75) is 145 Å². The quantitative estimate of drug-likeness (QED) is 0.266. The van der Waals surface area contributed by atoms with Crippen LogP contribution >= 0.6 is 0 Å². The second kappa shape index (κ2) is 15.2. The summed E-state index contributed by atoms with van der Waals surface area (Å²) in [4.78, 5) is 1.93. The Labute approximate surface area is 295 Å². The molecule has 0 saturated heterocycles. The number of rotatable bonds is 5. The maximum Gasteiger partial charge on any atom is 4.00 e. The van der Waals surface area contributed by atoms with E-state index >= 15 is 0 Å². The first kappa shape index (κ1) is 41.6. The molecule has 0 aliphatic heterocycles. The van der Waals surface area contributed by atoms with Crippen LogP contribution in [0.3, 0.4) is 0 Å². The molecule has 5 nitrogen and oxygen atoms in total. The van der Waals surface area contributed by atoms with E-state index < -0.39 is 6.10 Å². The molecule has 3 rings (SSSR count). The Morgan fingerprint density at radius 2 is 0.935 bits per heavy atom. The van der Waals surface area contributed by atoms with Gasteiger partial charge in [-0.15, -0.1) is 17.6 Å². The van der Waals surface area contributed by atoms with Crippen LogP contribution < -0.4 is 25.3 Å². The largest absolute Gasteiger partial charge is 4.00 e. The Morgan fingerprint density at radius 3 is 1.24 bits per heavy atom. The summed E-state index contributed by atoms with van der Waals surface area (Å²) in [5, 5.41) is 50.7. The molecule has 0 fully saturated rings. The van der Waals surface area contributed by atoms with Gasteiger partial charge in [-0.1, -0.05) is 139 Å². The van der Waals surface area contributed by atoms with Crippen LogP contribution in [0.2, 0.25) is 0 Å². The van der Waals surface area contributed by atoms with E-state index in [1.54, 1.807) is 26.0 Å². The van der Waals surface area contributed by atoms with Gasteiger partial charge in [0.1, 0.15) is 0 Å². The predicted octanol–water partition coefficient (Wildman–Crippen LogP) is 7.37. The van der Waals surface area contributed by atoms with Crippen molar-refractivity contribution in [3.05, 3.63) is 81.4 Å². The molecule has 0 amide bonds. The second-order valence-corrected chi connectivity index (χ2v) is 16.9. The minimum Gasteiger partial charge on any atom is -0.872 e. The molecule has 3 aromatic carbocycles. The second-order valence-electron chi connectivity index (χ2n) is 16.9.